The first-order chi connectivity index (χ1) is 9.08. The van der Waals surface area contributed by atoms with Crippen LogP contribution in [0.1, 0.15) is 42.2 Å². The molecule has 1 amide bonds. The van der Waals surface area contributed by atoms with Crippen molar-refractivity contribution in [2.24, 2.45) is 11.8 Å². The Kier molecular flexibility index (Phi) is 4.14. The zero-order valence-corrected chi connectivity index (χ0v) is 10.9. The number of aromatic nitrogens is 1. The summed E-state index contributed by atoms with van der Waals surface area (Å²) in [7, 11) is 0. The number of aromatic carboxylic acids is 1. The van der Waals surface area contributed by atoms with Gasteiger partial charge in [0.25, 0.3) is 0 Å². The number of hydrogen-bond acceptors (Lipinski definition) is 3. The zero-order chi connectivity index (χ0) is 13.8. The van der Waals surface area contributed by atoms with Gasteiger partial charge in [0.15, 0.2) is 0 Å². The molecule has 19 heavy (non-hydrogen) atoms. The quantitative estimate of drug-likeness (QED) is 0.867. The molecule has 1 saturated carbocycles. The average molecular weight is 262 g/mol. The molecule has 2 rings (SSSR count). The summed E-state index contributed by atoms with van der Waals surface area (Å²) in [5, 5.41) is 11.7. The predicted octanol–water partition coefficient (Wildman–Crippen LogP) is 1.83. The first-order valence-electron chi connectivity index (χ1n) is 6.54. The van der Waals surface area contributed by atoms with Gasteiger partial charge in [0.05, 0.1) is 17.8 Å². The van der Waals surface area contributed by atoms with E-state index in [1.165, 1.54) is 18.3 Å². The Balaban J connectivity index is 1.93. The highest BCUT2D eigenvalue weighted by atomic mass is 16.4. The van der Waals surface area contributed by atoms with Crippen molar-refractivity contribution in [3.05, 3.63) is 29.6 Å². The highest BCUT2D eigenvalue weighted by Gasteiger charge is 2.29. The van der Waals surface area contributed by atoms with E-state index in [0.717, 1.165) is 19.3 Å². The fourth-order valence-electron chi connectivity index (χ4n) is 2.55. The minimum Gasteiger partial charge on any atom is -0.478 e. The lowest BCUT2D eigenvalue weighted by Gasteiger charge is -2.14. The summed E-state index contributed by atoms with van der Waals surface area (Å²) in [6.45, 7) is 2.38. The van der Waals surface area contributed by atoms with Crippen LogP contribution in [-0.4, -0.2) is 22.0 Å². The topological polar surface area (TPSA) is 79.3 Å². The van der Waals surface area contributed by atoms with Crippen LogP contribution in [-0.2, 0) is 11.3 Å². The second kappa shape index (κ2) is 5.82. The number of carbonyl (C=O) groups is 2. The molecule has 0 saturated heterocycles. The molecular formula is C14H18N2O3. The molecule has 2 N–H and O–H groups in total. The Bertz CT molecular complexity index is 487. The fraction of sp³-hybridized carbons (Fsp3) is 0.500. The Morgan fingerprint density at radius 1 is 1.47 bits per heavy atom. The van der Waals surface area contributed by atoms with Crippen molar-refractivity contribution < 1.29 is 14.7 Å². The Morgan fingerprint density at radius 2 is 2.26 bits per heavy atom. The number of hydrogen-bond donors (Lipinski definition) is 2. The number of amides is 1. The molecule has 2 atom stereocenters. The molecule has 1 fully saturated rings. The lowest BCUT2D eigenvalue weighted by molar-refractivity contribution is -0.126. The zero-order valence-electron chi connectivity index (χ0n) is 10.9. The molecule has 0 aliphatic heterocycles. The number of rotatable bonds is 4. The molecule has 5 heteroatoms. The summed E-state index contributed by atoms with van der Waals surface area (Å²) in [4.78, 5) is 26.9. The standard InChI is InChI=1S/C14H18N2O3/c1-9-3-2-4-12(9)13(17)16-8-11-7-10(14(18)19)5-6-15-11/h5-7,9,12H,2-4,8H2,1H3,(H,16,17)(H,18,19). The number of carbonyl (C=O) groups excluding carboxylic acids is 1. The Morgan fingerprint density at radius 3 is 2.89 bits per heavy atom. The lowest BCUT2D eigenvalue weighted by atomic mass is 9.97. The largest absolute Gasteiger partial charge is 0.478 e. The van der Waals surface area contributed by atoms with Crippen molar-refractivity contribution in [3.8, 4) is 0 Å². The summed E-state index contributed by atoms with van der Waals surface area (Å²) in [5.41, 5.74) is 0.757. The van der Waals surface area contributed by atoms with E-state index in [1.807, 2.05) is 0 Å². The van der Waals surface area contributed by atoms with Crippen LogP contribution in [0.4, 0.5) is 0 Å². The molecule has 0 spiro atoms. The first-order valence-corrected chi connectivity index (χ1v) is 6.54. The van der Waals surface area contributed by atoms with Gasteiger partial charge in [0.2, 0.25) is 5.91 Å². The molecule has 1 aromatic heterocycles. The van der Waals surface area contributed by atoms with Crippen LogP contribution < -0.4 is 5.32 Å². The van der Waals surface area contributed by atoms with Crippen LogP contribution in [0.25, 0.3) is 0 Å². The van der Waals surface area contributed by atoms with Crippen molar-refractivity contribution in [1.82, 2.24) is 10.3 Å². The second-order valence-corrected chi connectivity index (χ2v) is 5.07. The van der Waals surface area contributed by atoms with Crippen LogP contribution in [0.5, 0.6) is 0 Å². The van der Waals surface area contributed by atoms with Gasteiger partial charge < -0.3 is 10.4 Å². The molecule has 1 aromatic rings. The molecule has 0 radical (unpaired) electrons. The number of nitrogens with one attached hydrogen (secondary N) is 1. The molecule has 102 valence electrons. The maximum Gasteiger partial charge on any atom is 0.335 e. The van der Waals surface area contributed by atoms with Gasteiger partial charge in [0.1, 0.15) is 0 Å². The van der Waals surface area contributed by atoms with E-state index >= 15 is 0 Å². The number of nitrogens with zero attached hydrogens (tertiary/aromatic N) is 1. The van der Waals surface area contributed by atoms with Gasteiger partial charge in [-0.25, -0.2) is 4.79 Å². The third-order valence-corrected chi connectivity index (χ3v) is 3.71. The van der Waals surface area contributed by atoms with Crippen LogP contribution in [0, 0.1) is 11.8 Å². The van der Waals surface area contributed by atoms with Gasteiger partial charge in [-0.2, -0.15) is 0 Å². The van der Waals surface area contributed by atoms with Crippen LogP contribution in [0.3, 0.4) is 0 Å². The molecule has 1 heterocycles. The first kappa shape index (κ1) is 13.5. The van der Waals surface area contributed by atoms with E-state index in [-0.39, 0.29) is 23.9 Å². The molecule has 0 aromatic carbocycles. The van der Waals surface area contributed by atoms with Crippen molar-refractivity contribution in [2.45, 2.75) is 32.7 Å². The van der Waals surface area contributed by atoms with Gasteiger partial charge >= 0.3 is 5.97 Å². The minimum atomic E-state index is -0.987. The predicted molar refractivity (Wildman–Crippen MR) is 69.5 cm³/mol. The molecule has 2 unspecified atom stereocenters. The smallest absolute Gasteiger partial charge is 0.335 e. The monoisotopic (exact) mass is 262 g/mol. The van der Waals surface area contributed by atoms with Crippen molar-refractivity contribution in [1.29, 1.82) is 0 Å². The fourth-order valence-corrected chi connectivity index (χ4v) is 2.55. The Labute approximate surface area is 112 Å². The average Bonchev–Trinajstić information content (AvgIpc) is 2.82. The van der Waals surface area contributed by atoms with Gasteiger partial charge in [-0.3, -0.25) is 9.78 Å². The van der Waals surface area contributed by atoms with Gasteiger partial charge in [-0.05, 0) is 30.9 Å². The summed E-state index contributed by atoms with van der Waals surface area (Å²) < 4.78 is 0. The van der Waals surface area contributed by atoms with Gasteiger partial charge in [0, 0.05) is 12.1 Å². The molecule has 5 nitrogen and oxygen atoms in total. The van der Waals surface area contributed by atoms with E-state index in [4.69, 9.17) is 5.11 Å². The molecule has 1 aliphatic rings. The van der Waals surface area contributed by atoms with Crippen molar-refractivity contribution in [3.63, 3.8) is 0 Å². The highest BCUT2D eigenvalue weighted by Crippen LogP contribution is 2.31. The van der Waals surface area contributed by atoms with E-state index in [1.54, 1.807) is 0 Å². The third-order valence-electron chi connectivity index (χ3n) is 3.71. The summed E-state index contributed by atoms with van der Waals surface area (Å²) in [6, 6.07) is 2.92. The van der Waals surface area contributed by atoms with E-state index in [9.17, 15) is 9.59 Å². The van der Waals surface area contributed by atoms with Gasteiger partial charge in [-0.1, -0.05) is 13.3 Å². The van der Waals surface area contributed by atoms with E-state index in [0.29, 0.717) is 11.6 Å². The second-order valence-electron chi connectivity index (χ2n) is 5.07. The summed E-state index contributed by atoms with van der Waals surface area (Å²) in [6.07, 6.45) is 4.59. The van der Waals surface area contributed by atoms with E-state index in [2.05, 4.69) is 17.2 Å². The Hall–Kier alpha value is -1.91. The SMILES string of the molecule is CC1CCCC1C(=O)NCc1cc(C(=O)O)ccn1. The lowest BCUT2D eigenvalue weighted by Crippen LogP contribution is -2.31. The third kappa shape index (κ3) is 3.30. The maximum atomic E-state index is 12.0. The summed E-state index contributed by atoms with van der Waals surface area (Å²) >= 11 is 0. The van der Waals surface area contributed by atoms with Crippen molar-refractivity contribution in [2.75, 3.05) is 0 Å². The highest BCUT2D eigenvalue weighted by molar-refractivity contribution is 5.87. The molecule has 0 bridgehead atoms. The maximum absolute atomic E-state index is 12.0. The normalized spacial score (nSPS) is 22.2. The molecule has 1 aliphatic carbocycles. The summed E-state index contributed by atoms with van der Waals surface area (Å²) in [5.74, 6) is -0.423. The number of carboxylic acids is 1. The van der Waals surface area contributed by atoms with Gasteiger partial charge in [-0.15, -0.1) is 0 Å². The van der Waals surface area contributed by atoms with Crippen LogP contribution in [0.2, 0.25) is 0 Å². The number of pyridine rings is 1. The van der Waals surface area contributed by atoms with Crippen molar-refractivity contribution >= 4 is 11.9 Å². The number of carboxylic acid groups (broad SMARTS) is 1. The van der Waals surface area contributed by atoms with Crippen LogP contribution >= 0.6 is 0 Å². The molecular weight excluding hydrogens is 244 g/mol. The van der Waals surface area contributed by atoms with Crippen LogP contribution in [0.15, 0.2) is 18.3 Å². The van der Waals surface area contributed by atoms with E-state index < -0.39 is 5.97 Å². The minimum absolute atomic E-state index is 0.0486.